The summed E-state index contributed by atoms with van der Waals surface area (Å²) in [7, 11) is 3.02. The van der Waals surface area contributed by atoms with E-state index >= 15 is 0 Å². The van der Waals surface area contributed by atoms with Gasteiger partial charge in [0.15, 0.2) is 0 Å². The zero-order valence-electron chi connectivity index (χ0n) is 9.67. The zero-order valence-corrected chi connectivity index (χ0v) is 9.67. The van der Waals surface area contributed by atoms with Crippen molar-refractivity contribution >= 4 is 5.78 Å². The Labute approximate surface area is 94.2 Å². The number of Topliss-reactive ketones (excluding diaryl/α,β-unsaturated/α-hetero) is 1. The normalized spacial score (nSPS) is 10.2. The first kappa shape index (κ1) is 12.6. The number of rotatable bonds is 5. The van der Waals surface area contributed by atoms with Crippen molar-refractivity contribution in [3.63, 3.8) is 0 Å². The summed E-state index contributed by atoms with van der Waals surface area (Å²) in [5, 5.41) is 0. The molecular weight excluding hydrogens is 211 g/mol. The first-order valence-corrected chi connectivity index (χ1v) is 4.92. The van der Waals surface area contributed by atoms with Gasteiger partial charge in [0, 0.05) is 25.2 Å². The minimum absolute atomic E-state index is 0.0765. The van der Waals surface area contributed by atoms with Gasteiger partial charge in [-0.25, -0.2) is 4.39 Å². The highest BCUT2D eigenvalue weighted by Gasteiger charge is 2.11. The van der Waals surface area contributed by atoms with Crippen LogP contribution >= 0.6 is 0 Å². The number of carbonyl (C=O) groups excluding carboxylic acids is 1. The molecule has 0 aromatic heterocycles. The van der Waals surface area contributed by atoms with Crippen LogP contribution in [0.15, 0.2) is 12.1 Å². The van der Waals surface area contributed by atoms with E-state index < -0.39 is 5.82 Å². The molecule has 0 bridgehead atoms. The van der Waals surface area contributed by atoms with E-state index in [1.54, 1.807) is 13.2 Å². The average molecular weight is 226 g/mol. The Balaban J connectivity index is 3.10. The number of halogens is 1. The molecule has 3 nitrogen and oxygen atoms in total. The molecule has 1 rings (SSSR count). The lowest BCUT2D eigenvalue weighted by molar-refractivity contribution is -0.116. The molecule has 0 spiro atoms. The second-order valence-corrected chi connectivity index (χ2v) is 3.57. The van der Waals surface area contributed by atoms with Crippen molar-refractivity contribution in [3.8, 4) is 5.75 Å². The van der Waals surface area contributed by atoms with Crippen LogP contribution in [0.5, 0.6) is 5.75 Å². The summed E-state index contributed by atoms with van der Waals surface area (Å²) in [6.07, 6.45) is 0.0898. The van der Waals surface area contributed by atoms with E-state index in [9.17, 15) is 9.18 Å². The Morgan fingerprint density at radius 1 is 1.31 bits per heavy atom. The Hall–Kier alpha value is -1.42. The predicted octanol–water partition coefficient (Wildman–Crippen LogP) is 2.11. The topological polar surface area (TPSA) is 35.5 Å². The monoisotopic (exact) mass is 226 g/mol. The molecule has 0 N–H and O–H groups in total. The van der Waals surface area contributed by atoms with E-state index in [0.29, 0.717) is 17.9 Å². The van der Waals surface area contributed by atoms with Crippen molar-refractivity contribution in [2.75, 3.05) is 14.2 Å². The fourth-order valence-electron chi connectivity index (χ4n) is 1.51. The van der Waals surface area contributed by atoms with Gasteiger partial charge < -0.3 is 9.47 Å². The fraction of sp³-hybridized carbons (Fsp3) is 0.417. The van der Waals surface area contributed by atoms with Gasteiger partial charge in [0.2, 0.25) is 0 Å². The highest BCUT2D eigenvalue weighted by molar-refractivity contribution is 5.78. The summed E-state index contributed by atoms with van der Waals surface area (Å²) < 4.78 is 23.6. The van der Waals surface area contributed by atoms with Crippen molar-refractivity contribution in [1.82, 2.24) is 0 Å². The van der Waals surface area contributed by atoms with E-state index in [2.05, 4.69) is 0 Å². The van der Waals surface area contributed by atoms with Crippen LogP contribution in [-0.4, -0.2) is 20.0 Å². The van der Waals surface area contributed by atoms with Crippen LogP contribution in [0.2, 0.25) is 0 Å². The molecule has 0 saturated heterocycles. The van der Waals surface area contributed by atoms with Gasteiger partial charge in [0.1, 0.15) is 17.3 Å². The molecule has 0 aliphatic rings. The number of benzene rings is 1. The third-order valence-corrected chi connectivity index (χ3v) is 2.19. The van der Waals surface area contributed by atoms with Crippen LogP contribution in [0.3, 0.4) is 0 Å². The Morgan fingerprint density at radius 3 is 2.50 bits per heavy atom. The van der Waals surface area contributed by atoms with Crippen LogP contribution in [-0.2, 0) is 22.6 Å². The maximum atomic E-state index is 13.5. The van der Waals surface area contributed by atoms with Crippen LogP contribution in [0, 0.1) is 5.82 Å². The number of carbonyl (C=O) groups is 1. The minimum atomic E-state index is -0.424. The van der Waals surface area contributed by atoms with Crippen molar-refractivity contribution < 1.29 is 18.7 Å². The molecule has 0 aliphatic heterocycles. The summed E-state index contributed by atoms with van der Waals surface area (Å²) in [5.41, 5.74) is 1.11. The van der Waals surface area contributed by atoms with E-state index in [0.717, 1.165) is 5.56 Å². The van der Waals surface area contributed by atoms with Gasteiger partial charge in [0.25, 0.3) is 0 Å². The Kier molecular flexibility index (Phi) is 4.43. The zero-order chi connectivity index (χ0) is 12.1. The molecule has 0 fully saturated rings. The molecule has 0 atom stereocenters. The summed E-state index contributed by atoms with van der Waals surface area (Å²) in [4.78, 5) is 11.0. The lowest BCUT2D eigenvalue weighted by Crippen LogP contribution is -2.03. The molecule has 4 heteroatoms. The second-order valence-electron chi connectivity index (χ2n) is 3.57. The van der Waals surface area contributed by atoms with Gasteiger partial charge >= 0.3 is 0 Å². The Bertz CT molecular complexity index is 388. The van der Waals surface area contributed by atoms with Crippen LogP contribution in [0.4, 0.5) is 4.39 Å². The highest BCUT2D eigenvalue weighted by Crippen LogP contribution is 2.24. The SMILES string of the molecule is COCc1cc(CC(C)=O)c(F)cc1OC. The van der Waals surface area contributed by atoms with Crippen LogP contribution in [0.1, 0.15) is 18.1 Å². The largest absolute Gasteiger partial charge is 0.496 e. The summed E-state index contributed by atoms with van der Waals surface area (Å²) in [6.45, 7) is 1.76. The van der Waals surface area contributed by atoms with E-state index in [-0.39, 0.29) is 12.2 Å². The summed E-state index contributed by atoms with van der Waals surface area (Å²) in [6, 6.07) is 2.89. The maximum Gasteiger partial charge on any atom is 0.134 e. The minimum Gasteiger partial charge on any atom is -0.496 e. The van der Waals surface area contributed by atoms with E-state index in [1.165, 1.54) is 20.1 Å². The van der Waals surface area contributed by atoms with Gasteiger partial charge in [-0.05, 0) is 18.6 Å². The molecule has 0 heterocycles. The predicted molar refractivity (Wildman–Crippen MR) is 58.1 cm³/mol. The third kappa shape index (κ3) is 3.03. The molecule has 0 saturated carbocycles. The lowest BCUT2D eigenvalue weighted by Gasteiger charge is -2.10. The van der Waals surface area contributed by atoms with Gasteiger partial charge in [0.05, 0.1) is 13.7 Å². The molecule has 0 radical (unpaired) electrons. The first-order chi connectivity index (χ1) is 7.58. The van der Waals surface area contributed by atoms with Gasteiger partial charge in [-0.1, -0.05) is 0 Å². The number of ketones is 1. The quantitative estimate of drug-likeness (QED) is 0.771. The lowest BCUT2D eigenvalue weighted by atomic mass is 10.0. The van der Waals surface area contributed by atoms with Gasteiger partial charge in [-0.3, -0.25) is 4.79 Å². The summed E-state index contributed by atoms with van der Waals surface area (Å²) >= 11 is 0. The molecule has 88 valence electrons. The van der Waals surface area contributed by atoms with Crippen molar-refractivity contribution in [2.24, 2.45) is 0 Å². The number of methoxy groups -OCH3 is 2. The van der Waals surface area contributed by atoms with E-state index in [4.69, 9.17) is 9.47 Å². The highest BCUT2D eigenvalue weighted by atomic mass is 19.1. The smallest absolute Gasteiger partial charge is 0.134 e. The average Bonchev–Trinajstić information content (AvgIpc) is 2.22. The second kappa shape index (κ2) is 5.61. The number of hydrogen-bond acceptors (Lipinski definition) is 3. The molecule has 0 aliphatic carbocycles. The number of hydrogen-bond donors (Lipinski definition) is 0. The molecule has 0 amide bonds. The number of ether oxygens (including phenoxy) is 2. The van der Waals surface area contributed by atoms with E-state index in [1.807, 2.05) is 0 Å². The van der Waals surface area contributed by atoms with Crippen molar-refractivity contribution in [3.05, 3.63) is 29.1 Å². The molecule has 16 heavy (non-hydrogen) atoms. The Morgan fingerprint density at radius 2 is 2.00 bits per heavy atom. The molecule has 0 unspecified atom stereocenters. The first-order valence-electron chi connectivity index (χ1n) is 4.92. The van der Waals surface area contributed by atoms with Gasteiger partial charge in [-0.2, -0.15) is 0 Å². The van der Waals surface area contributed by atoms with Crippen LogP contribution < -0.4 is 4.74 Å². The maximum absolute atomic E-state index is 13.5. The molecule has 1 aromatic carbocycles. The van der Waals surface area contributed by atoms with Crippen molar-refractivity contribution in [1.29, 1.82) is 0 Å². The van der Waals surface area contributed by atoms with Crippen molar-refractivity contribution in [2.45, 2.75) is 20.0 Å². The third-order valence-electron chi connectivity index (χ3n) is 2.19. The summed E-state index contributed by atoms with van der Waals surface area (Å²) in [5.74, 6) is -0.0639. The molecule has 1 aromatic rings. The standard InChI is InChI=1S/C12H15FO3/c1-8(14)4-9-5-10(7-15-2)12(16-3)6-11(9)13/h5-6H,4,7H2,1-3H3. The fourth-order valence-corrected chi connectivity index (χ4v) is 1.51. The van der Waals surface area contributed by atoms with Gasteiger partial charge in [-0.15, -0.1) is 0 Å². The molecular formula is C12H15FO3. The van der Waals surface area contributed by atoms with Crippen LogP contribution in [0.25, 0.3) is 0 Å².